The van der Waals surface area contributed by atoms with Crippen molar-refractivity contribution in [2.24, 2.45) is 10.7 Å². The van der Waals surface area contributed by atoms with Crippen LogP contribution >= 0.6 is 0 Å². The van der Waals surface area contributed by atoms with Crippen LogP contribution in [0.5, 0.6) is 5.75 Å². The summed E-state index contributed by atoms with van der Waals surface area (Å²) in [5, 5.41) is 3.39. The molecule has 2 amide bonds. The Bertz CT molecular complexity index is 535. The number of hydrogen-bond acceptors (Lipinski definition) is 4. The topological polar surface area (TPSA) is 95.9 Å². The second-order valence-corrected chi connectivity index (χ2v) is 3.48. The van der Waals surface area contributed by atoms with Gasteiger partial charge in [0, 0.05) is 6.20 Å². The van der Waals surface area contributed by atoms with Crippen molar-refractivity contribution in [3.8, 4) is 5.75 Å². The van der Waals surface area contributed by atoms with Gasteiger partial charge >= 0.3 is 6.03 Å². The zero-order valence-corrected chi connectivity index (χ0v) is 9.37. The summed E-state index contributed by atoms with van der Waals surface area (Å²) in [4.78, 5) is 25.9. The Hall–Kier alpha value is -2.63. The smallest absolute Gasteiger partial charge is 0.368 e. The third-order valence-corrected chi connectivity index (χ3v) is 2.21. The lowest BCUT2D eigenvalue weighted by Crippen LogP contribution is -2.31. The van der Waals surface area contributed by atoms with Crippen molar-refractivity contribution in [1.29, 1.82) is 0 Å². The van der Waals surface area contributed by atoms with E-state index in [1.807, 2.05) is 6.07 Å². The average Bonchev–Trinajstić information content (AvgIpc) is 2.37. The molecule has 0 saturated heterocycles. The molecule has 0 saturated carbocycles. The normalized spacial score (nSPS) is 14.3. The number of amides is 2. The Labute approximate surface area is 103 Å². The van der Waals surface area contributed by atoms with E-state index in [9.17, 15) is 9.59 Å². The fraction of sp³-hybridized carbons (Fsp3) is 0.0833. The van der Waals surface area contributed by atoms with Gasteiger partial charge in [-0.05, 0) is 12.1 Å². The molecule has 1 heterocycles. The molecule has 0 aromatic heterocycles. The molecular weight excluding hydrogens is 234 g/mol. The van der Waals surface area contributed by atoms with Crippen LogP contribution in [0.15, 0.2) is 47.1 Å². The van der Waals surface area contributed by atoms with Crippen LogP contribution in [-0.2, 0) is 4.79 Å². The Kier molecular flexibility index (Phi) is 3.38. The van der Waals surface area contributed by atoms with E-state index in [0.717, 1.165) is 6.20 Å². The van der Waals surface area contributed by atoms with E-state index < -0.39 is 6.03 Å². The number of carbonyl (C=O) groups is 2. The van der Waals surface area contributed by atoms with Crippen LogP contribution in [0.3, 0.4) is 0 Å². The average molecular weight is 244 g/mol. The van der Waals surface area contributed by atoms with E-state index in [1.165, 1.54) is 0 Å². The first-order valence-electron chi connectivity index (χ1n) is 5.17. The number of nitrogens with zero attached hydrogens (tertiary/aromatic N) is 2. The lowest BCUT2D eigenvalue weighted by molar-refractivity contribution is -0.117. The number of hydrogen-bond donors (Lipinski definition) is 1. The highest BCUT2D eigenvalue weighted by Crippen LogP contribution is 2.09. The molecule has 0 atom stereocenters. The minimum absolute atomic E-state index is 0.0885. The first-order chi connectivity index (χ1) is 8.66. The molecule has 1 aliphatic heterocycles. The SMILES string of the molecule is NC1=NC(=O)[N]C=C1C(=O)COc1ccccc1. The summed E-state index contributed by atoms with van der Waals surface area (Å²) in [5.41, 5.74) is 5.55. The van der Waals surface area contributed by atoms with Crippen molar-refractivity contribution in [3.05, 3.63) is 42.1 Å². The Balaban J connectivity index is 1.97. The zero-order valence-electron chi connectivity index (χ0n) is 9.37. The first-order valence-corrected chi connectivity index (χ1v) is 5.17. The molecule has 0 fully saturated rings. The maximum Gasteiger partial charge on any atom is 0.368 e. The highest BCUT2D eigenvalue weighted by atomic mass is 16.5. The lowest BCUT2D eigenvalue weighted by atomic mass is 10.1. The van der Waals surface area contributed by atoms with Crippen molar-refractivity contribution in [2.45, 2.75) is 0 Å². The Morgan fingerprint density at radius 3 is 2.67 bits per heavy atom. The fourth-order valence-electron chi connectivity index (χ4n) is 1.34. The molecule has 6 nitrogen and oxygen atoms in total. The van der Waals surface area contributed by atoms with E-state index in [2.05, 4.69) is 10.3 Å². The number of benzene rings is 1. The van der Waals surface area contributed by atoms with Gasteiger partial charge in [0.1, 0.15) is 11.6 Å². The minimum atomic E-state index is -0.715. The van der Waals surface area contributed by atoms with Gasteiger partial charge in [-0.25, -0.2) is 4.79 Å². The summed E-state index contributed by atoms with van der Waals surface area (Å²) >= 11 is 0. The second-order valence-electron chi connectivity index (χ2n) is 3.48. The molecule has 1 radical (unpaired) electrons. The maximum atomic E-state index is 11.8. The van der Waals surface area contributed by atoms with Crippen LogP contribution in [-0.4, -0.2) is 24.3 Å². The highest BCUT2D eigenvalue weighted by molar-refractivity contribution is 6.24. The van der Waals surface area contributed by atoms with Crippen molar-refractivity contribution < 1.29 is 14.3 Å². The number of rotatable bonds is 4. The molecule has 2 rings (SSSR count). The Morgan fingerprint density at radius 1 is 1.28 bits per heavy atom. The summed E-state index contributed by atoms with van der Waals surface area (Å²) in [6.45, 7) is -0.185. The molecule has 2 N–H and O–H groups in total. The number of urea groups is 1. The van der Waals surface area contributed by atoms with Gasteiger partial charge in [-0.1, -0.05) is 18.2 Å². The van der Waals surface area contributed by atoms with Crippen molar-refractivity contribution >= 4 is 17.6 Å². The molecule has 0 spiro atoms. The van der Waals surface area contributed by atoms with Crippen LogP contribution in [0.4, 0.5) is 4.79 Å². The zero-order chi connectivity index (χ0) is 13.0. The lowest BCUT2D eigenvalue weighted by Gasteiger charge is -2.10. The summed E-state index contributed by atoms with van der Waals surface area (Å²) in [6, 6.07) is 8.18. The minimum Gasteiger partial charge on any atom is -0.485 e. The molecular formula is C12H10N3O3. The number of ether oxygens (including phenoxy) is 1. The van der Waals surface area contributed by atoms with Gasteiger partial charge < -0.3 is 10.5 Å². The van der Waals surface area contributed by atoms with Crippen molar-refractivity contribution in [3.63, 3.8) is 0 Å². The highest BCUT2D eigenvalue weighted by Gasteiger charge is 2.20. The van der Waals surface area contributed by atoms with Crippen LogP contribution in [0, 0.1) is 0 Å². The van der Waals surface area contributed by atoms with E-state index in [4.69, 9.17) is 10.5 Å². The third kappa shape index (κ3) is 2.73. The van der Waals surface area contributed by atoms with Crippen LogP contribution in [0.2, 0.25) is 0 Å². The molecule has 1 aromatic rings. The molecule has 6 heteroatoms. The number of aliphatic imine (C=N–C) groups is 1. The standard InChI is InChI=1S/C12H10N3O3/c13-11-9(6-14-12(17)15-11)10(16)7-18-8-4-2-1-3-5-8/h1-6H,7H2,(H2,13,15,17). The quantitative estimate of drug-likeness (QED) is 0.839. The molecule has 91 valence electrons. The van der Waals surface area contributed by atoms with Crippen molar-refractivity contribution in [2.75, 3.05) is 6.61 Å². The molecule has 18 heavy (non-hydrogen) atoms. The van der Waals surface area contributed by atoms with Crippen molar-refractivity contribution in [1.82, 2.24) is 5.32 Å². The maximum absolute atomic E-state index is 11.8. The van der Waals surface area contributed by atoms with Crippen LogP contribution in [0.1, 0.15) is 0 Å². The molecule has 0 unspecified atom stereocenters. The largest absolute Gasteiger partial charge is 0.485 e. The van der Waals surface area contributed by atoms with Gasteiger partial charge in [0.2, 0.25) is 5.78 Å². The number of amidine groups is 1. The fourth-order valence-corrected chi connectivity index (χ4v) is 1.34. The predicted molar refractivity (Wildman–Crippen MR) is 64.2 cm³/mol. The van der Waals surface area contributed by atoms with Gasteiger partial charge in [-0.15, -0.1) is 0 Å². The van der Waals surface area contributed by atoms with Gasteiger partial charge in [-0.3, -0.25) is 4.79 Å². The van der Waals surface area contributed by atoms with E-state index in [-0.39, 0.29) is 23.8 Å². The number of carbonyl (C=O) groups excluding carboxylic acids is 2. The number of Topliss-reactive ketones (excluding diaryl/α,β-unsaturated/α-hetero) is 1. The van der Waals surface area contributed by atoms with Crippen LogP contribution in [0.25, 0.3) is 0 Å². The van der Waals surface area contributed by atoms with Crippen LogP contribution < -0.4 is 15.8 Å². The van der Waals surface area contributed by atoms with Gasteiger partial charge in [-0.2, -0.15) is 10.3 Å². The number of para-hydroxylation sites is 1. The monoisotopic (exact) mass is 244 g/mol. The summed E-state index contributed by atoms with van der Waals surface area (Å²) in [7, 11) is 0. The Morgan fingerprint density at radius 2 is 2.00 bits per heavy atom. The summed E-state index contributed by atoms with van der Waals surface area (Å²) in [6.07, 6.45) is 1.11. The summed E-state index contributed by atoms with van der Waals surface area (Å²) < 4.78 is 5.27. The molecule has 1 aliphatic rings. The van der Waals surface area contributed by atoms with Gasteiger partial charge in [0.05, 0.1) is 5.57 Å². The van der Waals surface area contributed by atoms with E-state index >= 15 is 0 Å². The third-order valence-electron chi connectivity index (χ3n) is 2.21. The second kappa shape index (κ2) is 5.13. The number of nitrogens with two attached hydrogens (primary N) is 1. The first kappa shape index (κ1) is 11.8. The number of ketones is 1. The predicted octanol–water partition coefficient (Wildman–Crippen LogP) is 0.614. The molecule has 1 aromatic carbocycles. The molecule has 0 bridgehead atoms. The molecule has 0 aliphatic carbocycles. The van der Waals surface area contributed by atoms with Gasteiger partial charge in [0.15, 0.2) is 6.61 Å². The van der Waals surface area contributed by atoms with E-state index in [1.54, 1.807) is 24.3 Å². The summed E-state index contributed by atoms with van der Waals surface area (Å²) in [5.74, 6) is 0.0683. The van der Waals surface area contributed by atoms with Gasteiger partial charge in [0.25, 0.3) is 0 Å². The van der Waals surface area contributed by atoms with E-state index in [0.29, 0.717) is 5.75 Å².